The van der Waals surface area contributed by atoms with E-state index in [0.717, 1.165) is 18.9 Å². The Labute approximate surface area is 154 Å². The highest BCUT2D eigenvalue weighted by molar-refractivity contribution is 6.04. The fourth-order valence-corrected chi connectivity index (χ4v) is 3.05. The molecule has 0 aliphatic carbocycles. The summed E-state index contributed by atoms with van der Waals surface area (Å²) < 4.78 is 40.0. The second-order valence-corrected chi connectivity index (χ2v) is 6.61. The van der Waals surface area contributed by atoms with Gasteiger partial charge in [-0.15, -0.1) is 0 Å². The van der Waals surface area contributed by atoms with Crippen LogP contribution in [0, 0.1) is 23.4 Å². The zero-order valence-corrected chi connectivity index (χ0v) is 14.6. The van der Waals surface area contributed by atoms with E-state index in [0.29, 0.717) is 25.1 Å². The van der Waals surface area contributed by atoms with E-state index in [1.54, 1.807) is 4.90 Å². The monoisotopic (exact) mass is 377 g/mol. The van der Waals surface area contributed by atoms with Crippen LogP contribution in [-0.2, 0) is 0 Å². The minimum absolute atomic E-state index is 0.130. The minimum atomic E-state index is -1.68. The Bertz CT molecular complexity index is 888. The Hall–Kier alpha value is -2.90. The third-order valence-corrected chi connectivity index (χ3v) is 4.47. The normalized spacial score (nSPS) is 16.9. The third kappa shape index (κ3) is 4.10. The van der Waals surface area contributed by atoms with E-state index in [4.69, 9.17) is 0 Å². The van der Waals surface area contributed by atoms with Crippen LogP contribution in [0.2, 0.25) is 0 Å². The topological polar surface area (TPSA) is 62.3 Å². The zero-order valence-electron chi connectivity index (χ0n) is 14.6. The number of nitrogens with zero attached hydrogens (tertiary/aromatic N) is 2. The van der Waals surface area contributed by atoms with Gasteiger partial charge in [-0.3, -0.25) is 14.6 Å². The molecule has 0 bridgehead atoms. The molecule has 0 saturated carbocycles. The largest absolute Gasteiger partial charge is 0.338 e. The maximum atomic E-state index is 13.7. The summed E-state index contributed by atoms with van der Waals surface area (Å²) in [6.07, 6.45) is 3.28. The fourth-order valence-electron chi connectivity index (χ4n) is 3.05. The lowest BCUT2D eigenvalue weighted by Crippen LogP contribution is -2.39. The molecule has 8 heteroatoms. The molecule has 1 fully saturated rings. The van der Waals surface area contributed by atoms with E-state index in [1.165, 1.54) is 18.3 Å². The van der Waals surface area contributed by atoms with E-state index in [1.807, 2.05) is 0 Å². The number of halogens is 3. The quantitative estimate of drug-likeness (QED) is 0.831. The van der Waals surface area contributed by atoms with Crippen molar-refractivity contribution in [1.82, 2.24) is 9.88 Å². The number of likely N-dealkylation sites (tertiary alicyclic amines) is 1. The lowest BCUT2D eigenvalue weighted by Gasteiger charge is -2.31. The van der Waals surface area contributed by atoms with E-state index in [9.17, 15) is 22.8 Å². The zero-order chi connectivity index (χ0) is 19.6. The van der Waals surface area contributed by atoms with Gasteiger partial charge in [-0.2, -0.15) is 0 Å². The van der Waals surface area contributed by atoms with Gasteiger partial charge in [0.2, 0.25) is 0 Å². The van der Waals surface area contributed by atoms with Crippen molar-refractivity contribution >= 4 is 17.5 Å². The Balaban J connectivity index is 1.78. The van der Waals surface area contributed by atoms with Gasteiger partial charge in [-0.05, 0) is 43.0 Å². The van der Waals surface area contributed by atoms with Gasteiger partial charge in [0.15, 0.2) is 17.5 Å². The van der Waals surface area contributed by atoms with Crippen molar-refractivity contribution < 1.29 is 22.8 Å². The van der Waals surface area contributed by atoms with E-state index >= 15 is 0 Å². The van der Waals surface area contributed by atoms with Crippen molar-refractivity contribution in [3.05, 3.63) is 59.2 Å². The summed E-state index contributed by atoms with van der Waals surface area (Å²) in [5.74, 6) is -5.17. The van der Waals surface area contributed by atoms with Crippen molar-refractivity contribution in [2.24, 2.45) is 5.92 Å². The van der Waals surface area contributed by atoms with Gasteiger partial charge in [0, 0.05) is 24.8 Å². The van der Waals surface area contributed by atoms with Crippen molar-refractivity contribution in [1.29, 1.82) is 0 Å². The van der Waals surface area contributed by atoms with Gasteiger partial charge in [-0.25, -0.2) is 13.2 Å². The molecule has 5 nitrogen and oxygen atoms in total. The standard InChI is InChI=1S/C19H18F3N3O2/c1-11-3-2-8-25(10-11)19(27)12-6-7-23-15(9-12)18(26)24-14-5-4-13(20)16(21)17(14)22/h4-7,9,11H,2-3,8,10H2,1H3,(H,24,26). The Morgan fingerprint density at radius 2 is 1.96 bits per heavy atom. The predicted octanol–water partition coefficient (Wildman–Crippen LogP) is 3.62. The van der Waals surface area contributed by atoms with Gasteiger partial charge in [0.25, 0.3) is 11.8 Å². The number of amides is 2. The predicted molar refractivity (Wildman–Crippen MR) is 92.8 cm³/mol. The van der Waals surface area contributed by atoms with Crippen LogP contribution in [0.3, 0.4) is 0 Å². The average Bonchev–Trinajstić information content (AvgIpc) is 2.68. The molecule has 1 aromatic carbocycles. The first-order chi connectivity index (χ1) is 12.9. The maximum absolute atomic E-state index is 13.7. The number of anilines is 1. The minimum Gasteiger partial charge on any atom is -0.338 e. The van der Waals surface area contributed by atoms with Gasteiger partial charge in [0.1, 0.15) is 5.69 Å². The first kappa shape index (κ1) is 18.9. The summed E-state index contributed by atoms with van der Waals surface area (Å²) in [4.78, 5) is 30.5. The van der Waals surface area contributed by atoms with Gasteiger partial charge in [-0.1, -0.05) is 6.92 Å². The van der Waals surface area contributed by atoms with E-state index in [2.05, 4.69) is 17.2 Å². The van der Waals surface area contributed by atoms with Crippen molar-refractivity contribution in [2.45, 2.75) is 19.8 Å². The first-order valence-electron chi connectivity index (χ1n) is 8.57. The SMILES string of the molecule is CC1CCCN(C(=O)c2ccnc(C(=O)Nc3ccc(F)c(F)c3F)c2)C1. The highest BCUT2D eigenvalue weighted by Gasteiger charge is 2.23. The molecular formula is C19H18F3N3O2. The molecule has 1 aromatic heterocycles. The number of hydrogen-bond acceptors (Lipinski definition) is 3. The summed E-state index contributed by atoms with van der Waals surface area (Å²) >= 11 is 0. The first-order valence-corrected chi connectivity index (χ1v) is 8.57. The average molecular weight is 377 g/mol. The molecule has 142 valence electrons. The van der Waals surface area contributed by atoms with Crippen LogP contribution in [-0.4, -0.2) is 34.8 Å². The van der Waals surface area contributed by atoms with E-state index < -0.39 is 29.0 Å². The van der Waals surface area contributed by atoms with Crippen LogP contribution in [0.25, 0.3) is 0 Å². The highest BCUT2D eigenvalue weighted by Crippen LogP contribution is 2.21. The number of hydrogen-bond donors (Lipinski definition) is 1. The molecule has 2 amide bonds. The van der Waals surface area contributed by atoms with Crippen LogP contribution < -0.4 is 5.32 Å². The Kier molecular flexibility index (Phi) is 5.43. The van der Waals surface area contributed by atoms with Crippen LogP contribution in [0.15, 0.2) is 30.5 Å². The summed E-state index contributed by atoms with van der Waals surface area (Å²) in [5.41, 5.74) is -0.354. The lowest BCUT2D eigenvalue weighted by atomic mass is 9.99. The molecule has 1 saturated heterocycles. The second kappa shape index (κ2) is 7.77. The number of benzene rings is 1. The van der Waals surface area contributed by atoms with Crippen LogP contribution in [0.5, 0.6) is 0 Å². The molecular weight excluding hydrogens is 359 g/mol. The van der Waals surface area contributed by atoms with Crippen LogP contribution >= 0.6 is 0 Å². The molecule has 0 spiro atoms. The number of aromatic nitrogens is 1. The van der Waals surface area contributed by atoms with Crippen molar-refractivity contribution in [3.8, 4) is 0 Å². The summed E-state index contributed by atoms with van der Waals surface area (Å²) in [6.45, 7) is 3.36. The molecule has 2 aromatic rings. The summed E-state index contributed by atoms with van der Waals surface area (Å²) in [7, 11) is 0. The van der Waals surface area contributed by atoms with Crippen LogP contribution in [0.4, 0.5) is 18.9 Å². The molecule has 1 atom stereocenters. The third-order valence-electron chi connectivity index (χ3n) is 4.47. The van der Waals surface area contributed by atoms with Crippen molar-refractivity contribution in [3.63, 3.8) is 0 Å². The number of pyridine rings is 1. The van der Waals surface area contributed by atoms with Gasteiger partial charge < -0.3 is 10.2 Å². The van der Waals surface area contributed by atoms with Gasteiger partial charge in [0.05, 0.1) is 5.69 Å². The van der Waals surface area contributed by atoms with Gasteiger partial charge >= 0.3 is 0 Å². The molecule has 2 heterocycles. The highest BCUT2D eigenvalue weighted by atomic mass is 19.2. The van der Waals surface area contributed by atoms with Crippen molar-refractivity contribution in [2.75, 3.05) is 18.4 Å². The lowest BCUT2D eigenvalue weighted by molar-refractivity contribution is 0.0683. The summed E-state index contributed by atoms with van der Waals surface area (Å²) in [6, 6.07) is 4.42. The number of nitrogens with one attached hydrogen (secondary N) is 1. The maximum Gasteiger partial charge on any atom is 0.274 e. The Morgan fingerprint density at radius 1 is 1.19 bits per heavy atom. The number of piperidine rings is 1. The smallest absolute Gasteiger partial charge is 0.274 e. The fraction of sp³-hybridized carbons (Fsp3) is 0.316. The molecule has 0 radical (unpaired) electrons. The summed E-state index contributed by atoms with van der Waals surface area (Å²) in [5, 5.41) is 2.14. The second-order valence-electron chi connectivity index (χ2n) is 6.61. The Morgan fingerprint density at radius 3 is 2.70 bits per heavy atom. The molecule has 1 unspecified atom stereocenters. The van der Waals surface area contributed by atoms with E-state index in [-0.39, 0.29) is 17.2 Å². The molecule has 27 heavy (non-hydrogen) atoms. The number of rotatable bonds is 3. The molecule has 3 rings (SSSR count). The number of carbonyl (C=O) groups is 2. The molecule has 1 aliphatic heterocycles. The van der Waals surface area contributed by atoms with Crippen LogP contribution in [0.1, 0.15) is 40.6 Å². The molecule has 1 aliphatic rings. The number of carbonyl (C=O) groups excluding carboxylic acids is 2. The molecule has 1 N–H and O–H groups in total.